The van der Waals surface area contributed by atoms with Gasteiger partial charge in [0.25, 0.3) is 5.91 Å². The van der Waals surface area contributed by atoms with Crippen molar-refractivity contribution in [3.63, 3.8) is 0 Å². The van der Waals surface area contributed by atoms with Gasteiger partial charge in [-0.15, -0.1) is 11.7 Å². The third-order valence-electron chi connectivity index (χ3n) is 2.57. The molecule has 0 bridgehead atoms. The molecule has 98 valence electrons. The van der Waals surface area contributed by atoms with E-state index in [1.165, 1.54) is 4.68 Å². The number of hydrogen-bond acceptors (Lipinski definition) is 4. The SMILES string of the molecule is C=CCNC(=O)c1nnn(Cc2ccccc2)c1N. The van der Waals surface area contributed by atoms with Crippen molar-refractivity contribution < 1.29 is 4.79 Å². The Balaban J connectivity index is 2.14. The van der Waals surface area contributed by atoms with Crippen LogP contribution in [0.15, 0.2) is 43.0 Å². The Hall–Kier alpha value is -2.63. The van der Waals surface area contributed by atoms with Gasteiger partial charge in [0.1, 0.15) is 0 Å². The zero-order chi connectivity index (χ0) is 13.7. The number of benzene rings is 1. The lowest BCUT2D eigenvalue weighted by Gasteiger charge is -2.03. The van der Waals surface area contributed by atoms with E-state index in [1.807, 2.05) is 30.3 Å². The molecule has 0 aliphatic carbocycles. The number of rotatable bonds is 5. The summed E-state index contributed by atoms with van der Waals surface area (Å²) in [6.07, 6.45) is 1.59. The third-order valence-corrected chi connectivity index (χ3v) is 2.57. The van der Waals surface area contributed by atoms with Gasteiger partial charge in [-0.05, 0) is 5.56 Å². The smallest absolute Gasteiger partial charge is 0.275 e. The highest BCUT2D eigenvalue weighted by Crippen LogP contribution is 2.10. The first-order valence-corrected chi connectivity index (χ1v) is 5.84. The molecule has 1 aromatic carbocycles. The highest BCUT2D eigenvalue weighted by molar-refractivity contribution is 5.96. The number of nitrogens with zero attached hydrogens (tertiary/aromatic N) is 3. The van der Waals surface area contributed by atoms with E-state index in [0.29, 0.717) is 13.1 Å². The fraction of sp³-hybridized carbons (Fsp3) is 0.154. The van der Waals surface area contributed by atoms with Crippen molar-refractivity contribution in [2.24, 2.45) is 0 Å². The minimum Gasteiger partial charge on any atom is -0.382 e. The summed E-state index contributed by atoms with van der Waals surface area (Å²) >= 11 is 0. The Morgan fingerprint density at radius 1 is 1.42 bits per heavy atom. The van der Waals surface area contributed by atoms with Crippen LogP contribution in [-0.2, 0) is 6.54 Å². The molecule has 0 saturated heterocycles. The maximum atomic E-state index is 11.7. The predicted molar refractivity (Wildman–Crippen MR) is 72.5 cm³/mol. The van der Waals surface area contributed by atoms with Gasteiger partial charge in [-0.1, -0.05) is 41.6 Å². The van der Waals surface area contributed by atoms with E-state index in [9.17, 15) is 4.79 Å². The van der Waals surface area contributed by atoms with Crippen LogP contribution < -0.4 is 11.1 Å². The zero-order valence-electron chi connectivity index (χ0n) is 10.4. The van der Waals surface area contributed by atoms with Gasteiger partial charge in [0.15, 0.2) is 11.5 Å². The van der Waals surface area contributed by atoms with Crippen LogP contribution in [0, 0.1) is 0 Å². The molecule has 0 fully saturated rings. The molecule has 0 aliphatic heterocycles. The summed E-state index contributed by atoms with van der Waals surface area (Å²) in [6.45, 7) is 4.37. The van der Waals surface area contributed by atoms with Crippen molar-refractivity contribution in [1.29, 1.82) is 0 Å². The number of carbonyl (C=O) groups excluding carboxylic acids is 1. The van der Waals surface area contributed by atoms with Crippen LogP contribution in [0.1, 0.15) is 16.1 Å². The van der Waals surface area contributed by atoms with Gasteiger partial charge in [0.2, 0.25) is 0 Å². The molecule has 0 saturated carbocycles. The lowest BCUT2D eigenvalue weighted by molar-refractivity contribution is 0.0954. The van der Waals surface area contributed by atoms with Crippen molar-refractivity contribution in [2.75, 3.05) is 12.3 Å². The molecular formula is C13H15N5O. The number of nitrogens with one attached hydrogen (secondary N) is 1. The Bertz CT molecular complexity index is 576. The highest BCUT2D eigenvalue weighted by Gasteiger charge is 2.16. The molecule has 6 heteroatoms. The van der Waals surface area contributed by atoms with E-state index in [1.54, 1.807) is 6.08 Å². The third kappa shape index (κ3) is 2.98. The summed E-state index contributed by atoms with van der Waals surface area (Å²) in [5, 5.41) is 10.3. The maximum absolute atomic E-state index is 11.7. The first kappa shape index (κ1) is 12.8. The van der Waals surface area contributed by atoms with E-state index >= 15 is 0 Å². The lowest BCUT2D eigenvalue weighted by atomic mass is 10.2. The number of aromatic nitrogens is 3. The number of anilines is 1. The lowest BCUT2D eigenvalue weighted by Crippen LogP contribution is -2.24. The number of amides is 1. The van der Waals surface area contributed by atoms with Gasteiger partial charge in [-0.2, -0.15) is 0 Å². The average Bonchev–Trinajstić information content (AvgIpc) is 2.79. The van der Waals surface area contributed by atoms with Gasteiger partial charge in [-0.25, -0.2) is 4.68 Å². The summed E-state index contributed by atoms with van der Waals surface area (Å²) in [6, 6.07) is 9.71. The van der Waals surface area contributed by atoms with Crippen molar-refractivity contribution in [2.45, 2.75) is 6.54 Å². The van der Waals surface area contributed by atoms with Crippen LogP contribution in [0.4, 0.5) is 5.82 Å². The molecule has 19 heavy (non-hydrogen) atoms. The number of carbonyl (C=O) groups is 1. The standard InChI is InChI=1S/C13H15N5O/c1-2-8-15-13(19)11-12(14)18(17-16-11)9-10-6-4-3-5-7-10/h2-7H,1,8-9,14H2,(H,15,19). The maximum Gasteiger partial charge on any atom is 0.275 e. The molecule has 0 spiro atoms. The Labute approximate surface area is 110 Å². The zero-order valence-corrected chi connectivity index (χ0v) is 10.4. The van der Waals surface area contributed by atoms with Crippen LogP contribution in [0.2, 0.25) is 0 Å². The predicted octanol–water partition coefficient (Wildman–Crippen LogP) is 0.824. The topological polar surface area (TPSA) is 85.8 Å². The van der Waals surface area contributed by atoms with E-state index in [2.05, 4.69) is 22.2 Å². The Kier molecular flexibility index (Phi) is 3.92. The van der Waals surface area contributed by atoms with Crippen LogP contribution in [-0.4, -0.2) is 27.4 Å². The van der Waals surface area contributed by atoms with Crippen molar-refractivity contribution in [3.05, 3.63) is 54.2 Å². The fourth-order valence-corrected chi connectivity index (χ4v) is 1.60. The second kappa shape index (κ2) is 5.81. The monoisotopic (exact) mass is 257 g/mol. The van der Waals surface area contributed by atoms with Gasteiger partial charge in [0, 0.05) is 6.54 Å². The van der Waals surface area contributed by atoms with E-state index in [-0.39, 0.29) is 17.4 Å². The summed E-state index contributed by atoms with van der Waals surface area (Å²) < 4.78 is 1.50. The van der Waals surface area contributed by atoms with Crippen molar-refractivity contribution in [1.82, 2.24) is 20.3 Å². The highest BCUT2D eigenvalue weighted by atomic mass is 16.2. The number of nitrogen functional groups attached to an aromatic ring is 1. The molecule has 1 aromatic heterocycles. The van der Waals surface area contributed by atoms with Gasteiger partial charge >= 0.3 is 0 Å². The Morgan fingerprint density at radius 3 is 2.84 bits per heavy atom. The van der Waals surface area contributed by atoms with E-state index in [0.717, 1.165) is 5.56 Å². The van der Waals surface area contributed by atoms with Crippen molar-refractivity contribution in [3.8, 4) is 0 Å². The molecule has 0 unspecified atom stereocenters. The summed E-state index contributed by atoms with van der Waals surface area (Å²) in [4.78, 5) is 11.7. The minimum atomic E-state index is -0.350. The molecule has 1 heterocycles. The first-order valence-electron chi connectivity index (χ1n) is 5.84. The van der Waals surface area contributed by atoms with Gasteiger partial charge < -0.3 is 11.1 Å². The fourth-order valence-electron chi connectivity index (χ4n) is 1.60. The second-order valence-corrected chi connectivity index (χ2v) is 3.97. The normalized spacial score (nSPS) is 10.1. The minimum absolute atomic E-state index is 0.137. The van der Waals surface area contributed by atoms with Crippen LogP contribution in [0.3, 0.4) is 0 Å². The van der Waals surface area contributed by atoms with Crippen LogP contribution >= 0.6 is 0 Å². The second-order valence-electron chi connectivity index (χ2n) is 3.97. The summed E-state index contributed by atoms with van der Waals surface area (Å²) in [7, 11) is 0. The van der Waals surface area contributed by atoms with Gasteiger partial charge in [-0.3, -0.25) is 4.79 Å². The quantitative estimate of drug-likeness (QED) is 0.777. The molecule has 2 aromatic rings. The van der Waals surface area contributed by atoms with Crippen LogP contribution in [0.5, 0.6) is 0 Å². The average molecular weight is 257 g/mol. The van der Waals surface area contributed by atoms with Crippen molar-refractivity contribution >= 4 is 11.7 Å². The van der Waals surface area contributed by atoms with E-state index < -0.39 is 0 Å². The summed E-state index contributed by atoms with van der Waals surface area (Å²) in [5.74, 6) is -0.0953. The van der Waals surface area contributed by atoms with Crippen LogP contribution in [0.25, 0.3) is 0 Å². The molecule has 2 rings (SSSR count). The largest absolute Gasteiger partial charge is 0.382 e. The molecule has 0 radical (unpaired) electrons. The Morgan fingerprint density at radius 2 is 2.16 bits per heavy atom. The molecule has 3 N–H and O–H groups in total. The molecular weight excluding hydrogens is 242 g/mol. The molecule has 0 atom stereocenters. The van der Waals surface area contributed by atoms with Gasteiger partial charge in [0.05, 0.1) is 6.54 Å². The number of nitrogens with two attached hydrogens (primary N) is 1. The molecule has 0 aliphatic rings. The molecule has 1 amide bonds. The van der Waals surface area contributed by atoms with E-state index in [4.69, 9.17) is 5.73 Å². The first-order chi connectivity index (χ1) is 9.22. The summed E-state index contributed by atoms with van der Waals surface area (Å²) in [5.41, 5.74) is 7.05. The number of hydrogen-bond donors (Lipinski definition) is 2. The molecule has 6 nitrogen and oxygen atoms in total.